The number of ketones is 2. The molecule has 2 unspecified atom stereocenters. The number of Topliss-reactive ketones (excluding diaryl/α,β-unsaturated/α-hetero) is 2. The van der Waals surface area contributed by atoms with Crippen molar-refractivity contribution < 1.29 is 23.9 Å². The number of carboxylic acid groups (broad SMARTS) is 1. The summed E-state index contributed by atoms with van der Waals surface area (Å²) >= 11 is 0. The molecule has 0 heterocycles. The Labute approximate surface area is 174 Å². The van der Waals surface area contributed by atoms with Crippen molar-refractivity contribution in [2.24, 2.45) is 11.8 Å². The Hall–Kier alpha value is -3.34. The molecule has 154 valence electrons. The summed E-state index contributed by atoms with van der Waals surface area (Å²) in [5.74, 6) is -5.28. The van der Waals surface area contributed by atoms with E-state index >= 15 is 0 Å². The number of carbonyl (C=O) groups is 3. The minimum absolute atomic E-state index is 0.172. The van der Waals surface area contributed by atoms with Crippen LogP contribution < -0.4 is 0 Å². The molecule has 0 bridgehead atoms. The zero-order valence-electron chi connectivity index (χ0n) is 16.8. The van der Waals surface area contributed by atoms with Crippen molar-refractivity contribution in [1.82, 2.24) is 0 Å². The van der Waals surface area contributed by atoms with Gasteiger partial charge in [-0.2, -0.15) is 0 Å². The molecule has 0 radical (unpaired) electrons. The molecule has 0 aliphatic rings. The van der Waals surface area contributed by atoms with Gasteiger partial charge < -0.3 is 5.11 Å². The number of aliphatic carboxylic acids is 1. The van der Waals surface area contributed by atoms with Gasteiger partial charge in [-0.3, -0.25) is 14.4 Å². The quantitative estimate of drug-likeness (QED) is 0.409. The molecule has 2 atom stereocenters. The van der Waals surface area contributed by atoms with E-state index in [0.29, 0.717) is 11.1 Å². The molecule has 4 nitrogen and oxygen atoms in total. The number of carboxylic acids is 1. The first-order valence-corrected chi connectivity index (χ1v) is 9.82. The molecule has 0 aliphatic carbocycles. The molecule has 0 spiro atoms. The molecular formula is C25H23FO4. The van der Waals surface area contributed by atoms with Crippen LogP contribution in [0.4, 0.5) is 4.39 Å². The van der Waals surface area contributed by atoms with Crippen LogP contribution in [-0.2, 0) is 9.59 Å². The number of halogens is 1. The predicted octanol–water partition coefficient (Wildman–Crippen LogP) is 5.26. The molecule has 5 heteroatoms. The highest BCUT2D eigenvalue weighted by atomic mass is 19.1. The zero-order valence-corrected chi connectivity index (χ0v) is 16.8. The SMILES string of the molecule is CC(C)C(=O)C(C(=O)O)C(CC(=O)c1cccc2ccccc12)c1ccc(F)cc1. The van der Waals surface area contributed by atoms with E-state index in [1.807, 2.05) is 30.3 Å². The Balaban J connectivity index is 2.05. The molecule has 0 saturated heterocycles. The minimum atomic E-state index is -1.39. The van der Waals surface area contributed by atoms with Crippen molar-refractivity contribution in [3.8, 4) is 0 Å². The Kier molecular flexibility index (Phi) is 6.40. The summed E-state index contributed by atoms with van der Waals surface area (Å²) in [6.45, 7) is 3.26. The van der Waals surface area contributed by atoms with Crippen molar-refractivity contribution in [2.45, 2.75) is 26.2 Å². The van der Waals surface area contributed by atoms with Crippen LogP contribution in [0.3, 0.4) is 0 Å². The average Bonchev–Trinajstić information content (AvgIpc) is 2.73. The lowest BCUT2D eigenvalue weighted by Gasteiger charge is -2.24. The highest BCUT2D eigenvalue weighted by molar-refractivity contribution is 6.09. The highest BCUT2D eigenvalue weighted by Gasteiger charge is 2.38. The molecule has 0 saturated carbocycles. The van der Waals surface area contributed by atoms with E-state index in [2.05, 4.69) is 0 Å². The average molecular weight is 406 g/mol. The van der Waals surface area contributed by atoms with Crippen LogP contribution in [0.25, 0.3) is 10.8 Å². The van der Waals surface area contributed by atoms with E-state index in [9.17, 15) is 23.9 Å². The van der Waals surface area contributed by atoms with Crippen LogP contribution in [-0.4, -0.2) is 22.6 Å². The number of hydrogen-bond acceptors (Lipinski definition) is 3. The fourth-order valence-corrected chi connectivity index (χ4v) is 3.77. The lowest BCUT2D eigenvalue weighted by molar-refractivity contribution is -0.148. The number of fused-ring (bicyclic) bond motifs is 1. The molecule has 0 amide bonds. The van der Waals surface area contributed by atoms with E-state index in [4.69, 9.17) is 0 Å². The second-order valence-corrected chi connectivity index (χ2v) is 7.69. The van der Waals surface area contributed by atoms with E-state index in [-0.39, 0.29) is 12.2 Å². The van der Waals surface area contributed by atoms with Gasteiger partial charge in [-0.25, -0.2) is 4.39 Å². The maximum absolute atomic E-state index is 13.4. The molecule has 3 rings (SSSR count). The summed E-state index contributed by atoms with van der Waals surface area (Å²) in [6, 6.07) is 18.1. The maximum Gasteiger partial charge on any atom is 0.314 e. The van der Waals surface area contributed by atoms with E-state index < -0.39 is 35.3 Å². The summed E-state index contributed by atoms with van der Waals surface area (Å²) in [6.07, 6.45) is -0.172. The standard InChI is InChI=1S/C25H23FO4/c1-15(2)24(28)23(25(29)30)21(17-10-12-18(26)13-11-17)14-22(27)20-9-5-7-16-6-3-4-8-19(16)20/h3-13,15,21,23H,14H2,1-2H3,(H,29,30). The van der Waals surface area contributed by atoms with Gasteiger partial charge in [-0.1, -0.05) is 68.4 Å². The third-order valence-corrected chi connectivity index (χ3v) is 5.34. The molecule has 1 N–H and O–H groups in total. The number of carbonyl (C=O) groups excluding carboxylic acids is 2. The second-order valence-electron chi connectivity index (χ2n) is 7.69. The Bertz CT molecular complexity index is 1080. The van der Waals surface area contributed by atoms with Gasteiger partial charge in [0.25, 0.3) is 0 Å². The molecule has 0 fully saturated rings. The summed E-state index contributed by atoms with van der Waals surface area (Å²) in [5, 5.41) is 11.5. The Morgan fingerprint density at radius 3 is 2.17 bits per heavy atom. The van der Waals surface area contributed by atoms with Crippen LogP contribution >= 0.6 is 0 Å². The van der Waals surface area contributed by atoms with Crippen molar-refractivity contribution in [3.05, 3.63) is 83.7 Å². The molecule has 3 aromatic rings. The van der Waals surface area contributed by atoms with Gasteiger partial charge in [-0.15, -0.1) is 0 Å². The number of rotatable bonds is 8. The van der Waals surface area contributed by atoms with Gasteiger partial charge in [0.05, 0.1) is 0 Å². The van der Waals surface area contributed by atoms with Crippen LogP contribution in [0, 0.1) is 17.7 Å². The van der Waals surface area contributed by atoms with Gasteiger partial charge >= 0.3 is 5.97 Å². The van der Waals surface area contributed by atoms with Gasteiger partial charge in [0.2, 0.25) is 0 Å². The smallest absolute Gasteiger partial charge is 0.314 e. The van der Waals surface area contributed by atoms with Crippen molar-refractivity contribution >= 4 is 28.3 Å². The first-order valence-electron chi connectivity index (χ1n) is 9.82. The lowest BCUT2D eigenvalue weighted by atomic mass is 9.76. The minimum Gasteiger partial charge on any atom is -0.481 e. The van der Waals surface area contributed by atoms with Crippen LogP contribution in [0.15, 0.2) is 66.7 Å². The van der Waals surface area contributed by atoms with Crippen molar-refractivity contribution in [1.29, 1.82) is 0 Å². The Morgan fingerprint density at radius 1 is 0.900 bits per heavy atom. The molecular weight excluding hydrogens is 383 g/mol. The summed E-state index contributed by atoms with van der Waals surface area (Å²) in [5.41, 5.74) is 0.924. The molecule has 3 aromatic carbocycles. The first-order chi connectivity index (χ1) is 14.3. The Morgan fingerprint density at radius 2 is 1.53 bits per heavy atom. The second kappa shape index (κ2) is 8.99. The molecule has 30 heavy (non-hydrogen) atoms. The normalized spacial score (nSPS) is 13.2. The largest absolute Gasteiger partial charge is 0.481 e. The van der Waals surface area contributed by atoms with Gasteiger partial charge in [0, 0.05) is 23.8 Å². The van der Waals surface area contributed by atoms with Gasteiger partial charge in [0.1, 0.15) is 17.5 Å². The fourth-order valence-electron chi connectivity index (χ4n) is 3.77. The number of hydrogen-bond donors (Lipinski definition) is 1. The summed E-state index contributed by atoms with van der Waals surface area (Å²) < 4.78 is 13.4. The van der Waals surface area contributed by atoms with Crippen LogP contribution in [0.5, 0.6) is 0 Å². The highest BCUT2D eigenvalue weighted by Crippen LogP contribution is 2.33. The zero-order chi connectivity index (χ0) is 21.8. The van der Waals surface area contributed by atoms with Crippen molar-refractivity contribution in [2.75, 3.05) is 0 Å². The van der Waals surface area contributed by atoms with Gasteiger partial charge in [0.15, 0.2) is 5.78 Å². The topological polar surface area (TPSA) is 71.4 Å². The van der Waals surface area contributed by atoms with Crippen LogP contribution in [0.2, 0.25) is 0 Å². The summed E-state index contributed by atoms with van der Waals surface area (Å²) in [4.78, 5) is 38.0. The van der Waals surface area contributed by atoms with Gasteiger partial charge in [-0.05, 0) is 28.5 Å². The molecule has 0 aliphatic heterocycles. The van der Waals surface area contributed by atoms with E-state index in [1.54, 1.807) is 26.0 Å². The monoisotopic (exact) mass is 406 g/mol. The maximum atomic E-state index is 13.4. The fraction of sp³-hybridized carbons (Fsp3) is 0.240. The van der Waals surface area contributed by atoms with Crippen LogP contribution in [0.1, 0.15) is 42.1 Å². The van der Waals surface area contributed by atoms with Crippen molar-refractivity contribution in [3.63, 3.8) is 0 Å². The predicted molar refractivity (Wildman–Crippen MR) is 113 cm³/mol. The van der Waals surface area contributed by atoms with E-state index in [1.165, 1.54) is 24.3 Å². The molecule has 0 aromatic heterocycles. The first kappa shape index (κ1) is 21.4. The third-order valence-electron chi connectivity index (χ3n) is 5.34. The third kappa shape index (κ3) is 4.46. The lowest BCUT2D eigenvalue weighted by Crippen LogP contribution is -2.34. The van der Waals surface area contributed by atoms with E-state index in [0.717, 1.165) is 10.8 Å². The number of benzene rings is 3. The summed E-state index contributed by atoms with van der Waals surface area (Å²) in [7, 11) is 0.